The van der Waals surface area contributed by atoms with Crippen LogP contribution < -0.4 is 0 Å². The van der Waals surface area contributed by atoms with Crippen molar-refractivity contribution < 1.29 is 5.11 Å². The molecule has 0 aliphatic carbocycles. The summed E-state index contributed by atoms with van der Waals surface area (Å²) in [6.45, 7) is 3.75. The SMILES string of the molecule is CN=Cc1nc(CCCCN2CCCCCCC2)ccc1O. The van der Waals surface area contributed by atoms with E-state index < -0.39 is 0 Å². The van der Waals surface area contributed by atoms with Gasteiger partial charge < -0.3 is 10.0 Å². The number of likely N-dealkylation sites (tertiary alicyclic amines) is 1. The van der Waals surface area contributed by atoms with Gasteiger partial charge in [0, 0.05) is 12.7 Å². The molecule has 1 fully saturated rings. The van der Waals surface area contributed by atoms with Crippen molar-refractivity contribution in [3.8, 4) is 5.75 Å². The van der Waals surface area contributed by atoms with Crippen molar-refractivity contribution in [2.24, 2.45) is 4.99 Å². The van der Waals surface area contributed by atoms with Gasteiger partial charge in [-0.25, -0.2) is 4.98 Å². The van der Waals surface area contributed by atoms with Gasteiger partial charge in [0.25, 0.3) is 0 Å². The molecule has 0 atom stereocenters. The number of aromatic nitrogens is 1. The van der Waals surface area contributed by atoms with Gasteiger partial charge in [-0.05, 0) is 63.9 Å². The van der Waals surface area contributed by atoms with Crippen molar-refractivity contribution in [1.82, 2.24) is 9.88 Å². The second-order valence-corrected chi connectivity index (χ2v) is 6.16. The standard InChI is InChI=1S/C18H29N3O/c1-19-15-17-18(22)11-10-16(20-17)9-5-8-14-21-12-6-3-2-4-7-13-21/h10-11,15,22H,2-9,12-14H2,1H3. The van der Waals surface area contributed by atoms with Crippen LogP contribution in [0, 0.1) is 0 Å². The summed E-state index contributed by atoms with van der Waals surface area (Å²) in [5, 5.41) is 9.70. The molecule has 1 saturated heterocycles. The van der Waals surface area contributed by atoms with Crippen LogP contribution in [0.4, 0.5) is 0 Å². The average Bonchev–Trinajstić information content (AvgIpc) is 2.48. The molecule has 0 aromatic carbocycles. The van der Waals surface area contributed by atoms with Gasteiger partial charge in [0.2, 0.25) is 0 Å². The highest BCUT2D eigenvalue weighted by molar-refractivity contribution is 5.80. The molecule has 0 radical (unpaired) electrons. The predicted octanol–water partition coefficient (Wildman–Crippen LogP) is 3.42. The van der Waals surface area contributed by atoms with Gasteiger partial charge in [-0.1, -0.05) is 19.3 Å². The molecule has 1 aliphatic heterocycles. The molecular weight excluding hydrogens is 274 g/mol. The Labute approximate surface area is 134 Å². The lowest BCUT2D eigenvalue weighted by Crippen LogP contribution is -2.28. The number of hydrogen-bond donors (Lipinski definition) is 1. The normalized spacial score (nSPS) is 17.5. The molecule has 0 spiro atoms. The first-order valence-electron chi connectivity index (χ1n) is 8.63. The Morgan fingerprint density at radius 3 is 2.59 bits per heavy atom. The van der Waals surface area contributed by atoms with Gasteiger partial charge >= 0.3 is 0 Å². The zero-order valence-electron chi connectivity index (χ0n) is 13.8. The minimum atomic E-state index is 0.204. The molecule has 0 saturated carbocycles. The molecule has 0 bridgehead atoms. The Morgan fingerprint density at radius 1 is 1.14 bits per heavy atom. The van der Waals surface area contributed by atoms with Crippen LogP contribution in [-0.4, -0.2) is 47.9 Å². The first-order valence-corrected chi connectivity index (χ1v) is 8.63. The van der Waals surface area contributed by atoms with Crippen molar-refractivity contribution in [1.29, 1.82) is 0 Å². The number of aryl methyl sites for hydroxylation is 1. The summed E-state index contributed by atoms with van der Waals surface area (Å²) in [6, 6.07) is 3.64. The Morgan fingerprint density at radius 2 is 1.86 bits per heavy atom. The number of rotatable bonds is 6. The highest BCUT2D eigenvalue weighted by Crippen LogP contribution is 2.15. The van der Waals surface area contributed by atoms with E-state index in [2.05, 4.69) is 14.9 Å². The van der Waals surface area contributed by atoms with E-state index in [4.69, 9.17) is 0 Å². The third-order valence-corrected chi connectivity index (χ3v) is 4.32. The van der Waals surface area contributed by atoms with Crippen LogP contribution >= 0.6 is 0 Å². The number of pyridine rings is 1. The van der Waals surface area contributed by atoms with Gasteiger partial charge in [0.1, 0.15) is 11.4 Å². The molecule has 122 valence electrons. The number of aromatic hydroxyl groups is 1. The topological polar surface area (TPSA) is 48.7 Å². The van der Waals surface area contributed by atoms with Gasteiger partial charge in [-0.3, -0.25) is 4.99 Å². The third-order valence-electron chi connectivity index (χ3n) is 4.32. The Bertz CT molecular complexity index is 465. The maximum atomic E-state index is 9.70. The van der Waals surface area contributed by atoms with Crippen molar-refractivity contribution in [2.45, 2.75) is 51.4 Å². The van der Waals surface area contributed by atoms with Crippen LogP contribution in [0.25, 0.3) is 0 Å². The molecule has 0 amide bonds. The number of unbranched alkanes of at least 4 members (excludes halogenated alkanes) is 1. The molecule has 4 heteroatoms. The quantitative estimate of drug-likeness (QED) is 0.647. The third kappa shape index (κ3) is 5.76. The summed E-state index contributed by atoms with van der Waals surface area (Å²) in [5.74, 6) is 0.204. The van der Waals surface area contributed by atoms with Crippen LogP contribution in [0.5, 0.6) is 5.75 Å². The van der Waals surface area contributed by atoms with E-state index in [1.807, 2.05) is 6.07 Å². The van der Waals surface area contributed by atoms with Crippen LogP contribution in [0.15, 0.2) is 17.1 Å². The van der Waals surface area contributed by atoms with E-state index in [9.17, 15) is 5.11 Å². The smallest absolute Gasteiger partial charge is 0.142 e. The van der Waals surface area contributed by atoms with Gasteiger partial charge in [0.15, 0.2) is 0 Å². The van der Waals surface area contributed by atoms with Crippen LogP contribution in [0.3, 0.4) is 0 Å². The summed E-state index contributed by atoms with van der Waals surface area (Å²) in [5.41, 5.74) is 1.61. The van der Waals surface area contributed by atoms with Gasteiger partial charge in [0.05, 0.1) is 6.21 Å². The van der Waals surface area contributed by atoms with Crippen LogP contribution in [0.1, 0.15) is 56.3 Å². The monoisotopic (exact) mass is 303 g/mol. The van der Waals surface area contributed by atoms with E-state index in [1.165, 1.54) is 58.2 Å². The van der Waals surface area contributed by atoms with E-state index in [0.29, 0.717) is 5.69 Å². The summed E-state index contributed by atoms with van der Waals surface area (Å²) >= 11 is 0. The fourth-order valence-corrected chi connectivity index (χ4v) is 3.04. The molecular formula is C18H29N3O. The molecule has 0 unspecified atom stereocenters. The van der Waals surface area contributed by atoms with Gasteiger partial charge in [-0.2, -0.15) is 0 Å². The summed E-state index contributed by atoms with van der Waals surface area (Å²) in [6.07, 6.45) is 11.9. The van der Waals surface area contributed by atoms with E-state index in [1.54, 1.807) is 19.3 Å². The number of nitrogens with zero attached hydrogens (tertiary/aromatic N) is 3. The average molecular weight is 303 g/mol. The highest BCUT2D eigenvalue weighted by atomic mass is 16.3. The Hall–Kier alpha value is -1.42. The molecule has 1 aliphatic rings. The lowest BCUT2D eigenvalue weighted by molar-refractivity contribution is 0.243. The minimum absolute atomic E-state index is 0.204. The highest BCUT2D eigenvalue weighted by Gasteiger charge is 2.08. The lowest BCUT2D eigenvalue weighted by Gasteiger charge is -2.24. The van der Waals surface area contributed by atoms with E-state index in [0.717, 1.165) is 18.5 Å². The van der Waals surface area contributed by atoms with Crippen molar-refractivity contribution in [2.75, 3.05) is 26.7 Å². The van der Waals surface area contributed by atoms with Crippen molar-refractivity contribution in [3.05, 3.63) is 23.5 Å². The largest absolute Gasteiger partial charge is 0.506 e. The second kappa shape index (κ2) is 9.57. The maximum Gasteiger partial charge on any atom is 0.142 e. The van der Waals surface area contributed by atoms with Gasteiger partial charge in [-0.15, -0.1) is 0 Å². The first kappa shape index (κ1) is 16.9. The number of aliphatic imine (C=N–C) groups is 1. The zero-order chi connectivity index (χ0) is 15.6. The Balaban J connectivity index is 1.72. The fourth-order valence-electron chi connectivity index (χ4n) is 3.04. The first-order chi connectivity index (χ1) is 10.8. The van der Waals surface area contributed by atoms with Crippen molar-refractivity contribution in [3.63, 3.8) is 0 Å². The Kier molecular flexibility index (Phi) is 7.37. The molecule has 2 rings (SSSR count). The molecule has 1 aromatic heterocycles. The minimum Gasteiger partial charge on any atom is -0.506 e. The molecule has 1 aromatic rings. The van der Waals surface area contributed by atoms with Crippen molar-refractivity contribution >= 4 is 6.21 Å². The predicted molar refractivity (Wildman–Crippen MR) is 91.9 cm³/mol. The summed E-state index contributed by atoms with van der Waals surface area (Å²) in [7, 11) is 1.69. The zero-order valence-corrected chi connectivity index (χ0v) is 13.8. The van der Waals surface area contributed by atoms with Crippen LogP contribution in [0.2, 0.25) is 0 Å². The van der Waals surface area contributed by atoms with E-state index >= 15 is 0 Å². The molecule has 4 nitrogen and oxygen atoms in total. The molecule has 1 N–H and O–H groups in total. The maximum absolute atomic E-state index is 9.70. The fraction of sp³-hybridized carbons (Fsp3) is 0.667. The van der Waals surface area contributed by atoms with E-state index in [-0.39, 0.29) is 5.75 Å². The molecule has 22 heavy (non-hydrogen) atoms. The second-order valence-electron chi connectivity index (χ2n) is 6.16. The number of hydrogen-bond acceptors (Lipinski definition) is 4. The lowest BCUT2D eigenvalue weighted by atomic mass is 10.1. The molecule has 2 heterocycles. The van der Waals surface area contributed by atoms with Crippen LogP contribution in [-0.2, 0) is 6.42 Å². The summed E-state index contributed by atoms with van der Waals surface area (Å²) in [4.78, 5) is 11.0. The summed E-state index contributed by atoms with van der Waals surface area (Å²) < 4.78 is 0.